The second kappa shape index (κ2) is 9.53. The Labute approximate surface area is 178 Å². The molecule has 3 aromatic rings. The first-order valence-electron chi connectivity index (χ1n) is 9.26. The Morgan fingerprint density at radius 2 is 1.90 bits per heavy atom. The smallest absolute Gasteiger partial charge is 0.254 e. The number of thioether (sulfide) groups is 1. The van der Waals surface area contributed by atoms with Crippen LogP contribution in [0.2, 0.25) is 0 Å². The van der Waals surface area contributed by atoms with Crippen molar-refractivity contribution in [3.8, 4) is 0 Å². The van der Waals surface area contributed by atoms with Crippen LogP contribution in [0.5, 0.6) is 0 Å². The number of hydrogen-bond acceptors (Lipinski definition) is 5. The highest BCUT2D eigenvalue weighted by atomic mass is 32.2. The number of aromatic nitrogens is 3. The second-order valence-corrected chi connectivity index (χ2v) is 7.72. The van der Waals surface area contributed by atoms with E-state index in [-0.39, 0.29) is 23.8 Å². The molecule has 0 atom stereocenters. The average molecular weight is 428 g/mol. The molecule has 2 amide bonds. The van der Waals surface area contributed by atoms with Crippen molar-refractivity contribution in [2.24, 2.45) is 7.05 Å². The van der Waals surface area contributed by atoms with Gasteiger partial charge in [-0.3, -0.25) is 9.59 Å². The zero-order valence-corrected chi connectivity index (χ0v) is 17.7. The highest BCUT2D eigenvalue weighted by Gasteiger charge is 2.15. The highest BCUT2D eigenvalue weighted by molar-refractivity contribution is 7.99. The maximum atomic E-state index is 13.7. The Morgan fingerprint density at radius 1 is 1.13 bits per heavy atom. The zero-order chi connectivity index (χ0) is 21.7. The molecule has 7 nitrogen and oxygen atoms in total. The van der Waals surface area contributed by atoms with Crippen LogP contribution in [0.15, 0.2) is 47.6 Å². The van der Waals surface area contributed by atoms with Crippen LogP contribution in [-0.2, 0) is 18.4 Å². The number of nitrogens with zero attached hydrogens (tertiary/aromatic N) is 3. The summed E-state index contributed by atoms with van der Waals surface area (Å²) in [5, 5.41) is 14.2. The van der Waals surface area contributed by atoms with Gasteiger partial charge in [0.05, 0.1) is 17.9 Å². The van der Waals surface area contributed by atoms with Gasteiger partial charge < -0.3 is 15.2 Å². The lowest BCUT2D eigenvalue weighted by Gasteiger charge is -2.09. The number of benzene rings is 2. The number of hydrogen-bond donors (Lipinski definition) is 2. The van der Waals surface area contributed by atoms with Crippen molar-refractivity contribution in [3.05, 3.63) is 70.8 Å². The summed E-state index contributed by atoms with van der Waals surface area (Å²) >= 11 is 1.24. The van der Waals surface area contributed by atoms with E-state index in [2.05, 4.69) is 20.8 Å². The summed E-state index contributed by atoms with van der Waals surface area (Å²) in [4.78, 5) is 24.4. The molecule has 30 heavy (non-hydrogen) atoms. The van der Waals surface area contributed by atoms with E-state index in [1.54, 1.807) is 17.7 Å². The maximum absolute atomic E-state index is 13.7. The molecule has 2 N–H and O–H groups in total. The molecule has 156 valence electrons. The van der Waals surface area contributed by atoms with Crippen molar-refractivity contribution in [2.75, 3.05) is 11.1 Å². The van der Waals surface area contributed by atoms with E-state index >= 15 is 0 Å². The van der Waals surface area contributed by atoms with Crippen molar-refractivity contribution in [2.45, 2.75) is 25.5 Å². The fourth-order valence-corrected chi connectivity index (χ4v) is 3.52. The first-order chi connectivity index (χ1) is 14.3. The van der Waals surface area contributed by atoms with Gasteiger partial charge >= 0.3 is 0 Å². The van der Waals surface area contributed by atoms with Gasteiger partial charge in [0.2, 0.25) is 5.91 Å². The average Bonchev–Trinajstić information content (AvgIpc) is 3.06. The largest absolute Gasteiger partial charge is 0.345 e. The van der Waals surface area contributed by atoms with Crippen LogP contribution in [0.4, 0.5) is 10.1 Å². The molecule has 0 radical (unpaired) electrons. The first-order valence-corrected chi connectivity index (χ1v) is 10.2. The lowest BCUT2D eigenvalue weighted by atomic mass is 10.1. The number of carbonyl (C=O) groups is 2. The monoisotopic (exact) mass is 427 g/mol. The Kier molecular flexibility index (Phi) is 6.83. The topological polar surface area (TPSA) is 88.9 Å². The van der Waals surface area contributed by atoms with E-state index in [0.29, 0.717) is 11.0 Å². The molecule has 3 rings (SSSR count). The molecule has 0 unspecified atom stereocenters. The predicted molar refractivity (Wildman–Crippen MR) is 114 cm³/mol. The van der Waals surface area contributed by atoms with Gasteiger partial charge in [-0.15, -0.1) is 10.2 Å². The Bertz CT molecular complexity index is 1080. The highest BCUT2D eigenvalue weighted by Crippen LogP contribution is 2.19. The lowest BCUT2D eigenvalue weighted by molar-refractivity contribution is -0.113. The minimum absolute atomic E-state index is 0.0302. The fraction of sp³-hybridized carbons (Fsp3) is 0.238. The van der Waals surface area contributed by atoms with Crippen molar-refractivity contribution >= 4 is 29.3 Å². The minimum atomic E-state index is -0.584. The molecule has 1 aromatic heterocycles. The summed E-state index contributed by atoms with van der Waals surface area (Å²) in [6, 6.07) is 11.6. The van der Waals surface area contributed by atoms with Gasteiger partial charge in [0.15, 0.2) is 11.0 Å². The van der Waals surface area contributed by atoms with Gasteiger partial charge in [-0.2, -0.15) is 0 Å². The van der Waals surface area contributed by atoms with Gasteiger partial charge in [0.1, 0.15) is 5.82 Å². The molecule has 0 fully saturated rings. The van der Waals surface area contributed by atoms with E-state index < -0.39 is 11.7 Å². The summed E-state index contributed by atoms with van der Waals surface area (Å²) in [5.41, 5.74) is 2.88. The van der Waals surface area contributed by atoms with Crippen LogP contribution < -0.4 is 10.6 Å². The molecule has 0 bridgehead atoms. The molecule has 2 aromatic carbocycles. The first kappa shape index (κ1) is 21.5. The number of anilines is 1. The van der Waals surface area contributed by atoms with E-state index in [0.717, 1.165) is 16.8 Å². The van der Waals surface area contributed by atoms with Gasteiger partial charge in [-0.05, 0) is 37.6 Å². The van der Waals surface area contributed by atoms with Crippen LogP contribution in [0.3, 0.4) is 0 Å². The van der Waals surface area contributed by atoms with Crippen LogP contribution in [0.1, 0.15) is 27.3 Å². The fourth-order valence-electron chi connectivity index (χ4n) is 2.79. The summed E-state index contributed by atoms with van der Waals surface area (Å²) < 4.78 is 15.4. The minimum Gasteiger partial charge on any atom is -0.345 e. The molecule has 0 saturated carbocycles. The van der Waals surface area contributed by atoms with Crippen molar-refractivity contribution in [1.29, 1.82) is 0 Å². The summed E-state index contributed by atoms with van der Waals surface area (Å²) in [6.07, 6.45) is 0. The van der Waals surface area contributed by atoms with Crippen LogP contribution in [-0.4, -0.2) is 32.3 Å². The van der Waals surface area contributed by atoms with E-state index in [1.807, 2.05) is 32.0 Å². The quantitative estimate of drug-likeness (QED) is 0.565. The summed E-state index contributed by atoms with van der Waals surface area (Å²) in [7, 11) is 1.74. The predicted octanol–water partition coefficient (Wildman–Crippen LogP) is 3.23. The van der Waals surface area contributed by atoms with Crippen LogP contribution in [0.25, 0.3) is 0 Å². The molecular formula is C21H22FN5O2S. The molecule has 0 spiro atoms. The number of rotatable bonds is 7. The van der Waals surface area contributed by atoms with E-state index in [9.17, 15) is 14.0 Å². The van der Waals surface area contributed by atoms with Crippen molar-refractivity contribution < 1.29 is 14.0 Å². The number of amides is 2. The van der Waals surface area contributed by atoms with Crippen molar-refractivity contribution in [1.82, 2.24) is 20.1 Å². The standard InChI is InChI=1S/C21H22FN5O2S/c1-13-8-9-17(14(2)10-13)24-19(28)12-30-21-26-25-18(27(21)3)11-23-20(29)15-6-4-5-7-16(15)22/h4-10H,11-12H2,1-3H3,(H,23,29)(H,24,28). The number of halogens is 1. The van der Waals surface area contributed by atoms with Gasteiger partial charge in [-0.1, -0.05) is 41.6 Å². The van der Waals surface area contributed by atoms with Gasteiger partial charge in [-0.25, -0.2) is 4.39 Å². The van der Waals surface area contributed by atoms with Gasteiger partial charge in [0, 0.05) is 12.7 Å². The Morgan fingerprint density at radius 3 is 2.63 bits per heavy atom. The molecule has 9 heteroatoms. The summed E-state index contributed by atoms with van der Waals surface area (Å²) in [5.74, 6) is -0.598. The molecular weight excluding hydrogens is 405 g/mol. The molecule has 0 aliphatic carbocycles. The van der Waals surface area contributed by atoms with Gasteiger partial charge in [0.25, 0.3) is 5.91 Å². The maximum Gasteiger partial charge on any atom is 0.254 e. The summed E-state index contributed by atoms with van der Waals surface area (Å²) in [6.45, 7) is 4.03. The lowest BCUT2D eigenvalue weighted by Crippen LogP contribution is -2.25. The molecule has 0 aliphatic heterocycles. The normalized spacial score (nSPS) is 10.7. The van der Waals surface area contributed by atoms with E-state index in [4.69, 9.17) is 0 Å². The van der Waals surface area contributed by atoms with Crippen LogP contribution in [0, 0.1) is 19.7 Å². The SMILES string of the molecule is Cc1ccc(NC(=O)CSc2nnc(CNC(=O)c3ccccc3F)n2C)c(C)c1. The van der Waals surface area contributed by atoms with Crippen LogP contribution >= 0.6 is 11.8 Å². The zero-order valence-electron chi connectivity index (χ0n) is 16.9. The molecule has 0 saturated heterocycles. The number of aryl methyl sites for hydroxylation is 2. The molecule has 1 heterocycles. The second-order valence-electron chi connectivity index (χ2n) is 6.78. The molecule has 0 aliphatic rings. The van der Waals surface area contributed by atoms with Crippen molar-refractivity contribution in [3.63, 3.8) is 0 Å². The van der Waals surface area contributed by atoms with E-state index in [1.165, 1.54) is 30.0 Å². The third-order valence-electron chi connectivity index (χ3n) is 4.44. The number of carbonyl (C=O) groups excluding carboxylic acids is 2. The third kappa shape index (κ3) is 5.24. The third-order valence-corrected chi connectivity index (χ3v) is 5.46. The Hall–Kier alpha value is -3.20. The number of nitrogens with one attached hydrogen (secondary N) is 2. The Balaban J connectivity index is 1.54.